The molecule has 0 spiro atoms. The maximum absolute atomic E-state index is 12.2. The molecule has 1 heterocycles. The normalized spacial score (nSPS) is 12.2. The lowest BCUT2D eigenvalue weighted by Crippen LogP contribution is -2.09. The highest BCUT2D eigenvalue weighted by Crippen LogP contribution is 2.24. The lowest BCUT2D eigenvalue weighted by Gasteiger charge is -2.10. The van der Waals surface area contributed by atoms with Crippen molar-refractivity contribution in [1.29, 1.82) is 0 Å². The molecule has 0 unspecified atom stereocenters. The Bertz CT molecular complexity index is 605. The molecule has 0 amide bonds. The SMILES string of the molecule is Cc1ccc2nc(CCCl)n(CCCCC(F)(F)F)c2c1. The van der Waals surface area contributed by atoms with Crippen LogP contribution in [0.4, 0.5) is 13.2 Å². The zero-order valence-corrected chi connectivity index (χ0v) is 12.6. The smallest absolute Gasteiger partial charge is 0.328 e. The molecule has 0 aliphatic rings. The van der Waals surface area contributed by atoms with E-state index in [0.29, 0.717) is 25.3 Å². The van der Waals surface area contributed by atoms with Crippen molar-refractivity contribution in [2.45, 2.75) is 45.3 Å². The summed E-state index contributed by atoms with van der Waals surface area (Å²) < 4.78 is 38.6. The third-order valence-corrected chi connectivity index (χ3v) is 3.58. The third kappa shape index (κ3) is 4.37. The van der Waals surface area contributed by atoms with E-state index < -0.39 is 12.6 Å². The van der Waals surface area contributed by atoms with E-state index in [4.69, 9.17) is 11.6 Å². The first-order valence-corrected chi connectivity index (χ1v) is 7.52. The van der Waals surface area contributed by atoms with Gasteiger partial charge < -0.3 is 4.57 Å². The molecule has 0 aliphatic carbocycles. The van der Waals surface area contributed by atoms with E-state index in [1.54, 1.807) is 0 Å². The summed E-state index contributed by atoms with van der Waals surface area (Å²) >= 11 is 5.79. The quantitative estimate of drug-likeness (QED) is 0.549. The summed E-state index contributed by atoms with van der Waals surface area (Å²) in [7, 11) is 0. The van der Waals surface area contributed by atoms with Crippen LogP contribution in [0.1, 0.15) is 30.7 Å². The monoisotopic (exact) mass is 318 g/mol. The second-order valence-electron chi connectivity index (χ2n) is 5.18. The first-order chi connectivity index (χ1) is 9.90. The highest BCUT2D eigenvalue weighted by molar-refractivity contribution is 6.17. The molecule has 1 aromatic carbocycles. The van der Waals surface area contributed by atoms with E-state index >= 15 is 0 Å². The van der Waals surface area contributed by atoms with Crippen molar-refractivity contribution in [3.63, 3.8) is 0 Å². The summed E-state index contributed by atoms with van der Waals surface area (Å²) in [6, 6.07) is 5.94. The molecule has 6 heteroatoms. The highest BCUT2D eigenvalue weighted by Gasteiger charge is 2.25. The van der Waals surface area contributed by atoms with Crippen LogP contribution in [0.25, 0.3) is 11.0 Å². The van der Waals surface area contributed by atoms with E-state index in [0.717, 1.165) is 22.4 Å². The van der Waals surface area contributed by atoms with Crippen LogP contribution in [0.15, 0.2) is 18.2 Å². The molecule has 2 rings (SSSR count). The molecule has 1 aromatic heterocycles. The number of aromatic nitrogens is 2. The Morgan fingerprint density at radius 1 is 1.24 bits per heavy atom. The Labute approximate surface area is 126 Å². The van der Waals surface area contributed by atoms with Gasteiger partial charge in [0, 0.05) is 25.3 Å². The highest BCUT2D eigenvalue weighted by atomic mass is 35.5. The maximum Gasteiger partial charge on any atom is 0.389 e. The van der Waals surface area contributed by atoms with Gasteiger partial charge in [-0.15, -0.1) is 11.6 Å². The van der Waals surface area contributed by atoms with E-state index in [1.165, 1.54) is 0 Å². The number of benzene rings is 1. The lowest BCUT2D eigenvalue weighted by atomic mass is 10.2. The molecule has 0 saturated carbocycles. The fourth-order valence-electron chi connectivity index (χ4n) is 2.40. The number of halogens is 4. The average molecular weight is 319 g/mol. The molecule has 116 valence electrons. The molecule has 2 aromatic rings. The third-order valence-electron chi connectivity index (χ3n) is 3.39. The van der Waals surface area contributed by atoms with E-state index in [1.807, 2.05) is 29.7 Å². The van der Waals surface area contributed by atoms with Gasteiger partial charge in [0.15, 0.2) is 0 Å². The van der Waals surface area contributed by atoms with Gasteiger partial charge in [-0.2, -0.15) is 13.2 Å². The minimum absolute atomic E-state index is 0.134. The Kier molecular flexibility index (Phi) is 5.14. The molecule has 0 radical (unpaired) electrons. The maximum atomic E-state index is 12.2. The van der Waals surface area contributed by atoms with Crippen molar-refractivity contribution < 1.29 is 13.2 Å². The van der Waals surface area contributed by atoms with Crippen LogP contribution >= 0.6 is 11.6 Å². The molecular weight excluding hydrogens is 301 g/mol. The summed E-state index contributed by atoms with van der Waals surface area (Å²) in [6.45, 7) is 2.53. The predicted octanol–water partition coefficient (Wildman–Crippen LogP) is 4.86. The van der Waals surface area contributed by atoms with Crippen LogP contribution in [0.5, 0.6) is 0 Å². The molecular formula is C15H18ClF3N2. The van der Waals surface area contributed by atoms with Crippen LogP contribution in [-0.4, -0.2) is 21.6 Å². The largest absolute Gasteiger partial charge is 0.389 e. The van der Waals surface area contributed by atoms with Gasteiger partial charge in [0.2, 0.25) is 0 Å². The van der Waals surface area contributed by atoms with Gasteiger partial charge in [-0.3, -0.25) is 0 Å². The van der Waals surface area contributed by atoms with Crippen molar-refractivity contribution >= 4 is 22.6 Å². The molecule has 0 aliphatic heterocycles. The van der Waals surface area contributed by atoms with Gasteiger partial charge in [0.05, 0.1) is 11.0 Å². The molecule has 2 nitrogen and oxygen atoms in total. The number of alkyl halides is 4. The van der Waals surface area contributed by atoms with Crippen LogP contribution in [0, 0.1) is 6.92 Å². The van der Waals surface area contributed by atoms with Crippen molar-refractivity contribution in [1.82, 2.24) is 9.55 Å². The van der Waals surface area contributed by atoms with Crippen LogP contribution in [-0.2, 0) is 13.0 Å². The number of imidazole rings is 1. The number of hydrogen-bond donors (Lipinski definition) is 0. The molecule has 0 N–H and O–H groups in total. The Morgan fingerprint density at radius 2 is 2.00 bits per heavy atom. The fraction of sp³-hybridized carbons (Fsp3) is 0.533. The van der Waals surface area contributed by atoms with Gasteiger partial charge in [0.25, 0.3) is 0 Å². The Balaban J connectivity index is 2.15. The lowest BCUT2D eigenvalue weighted by molar-refractivity contribution is -0.135. The first kappa shape index (κ1) is 16.1. The minimum Gasteiger partial charge on any atom is -0.328 e. The van der Waals surface area contributed by atoms with Crippen molar-refractivity contribution in [3.05, 3.63) is 29.6 Å². The zero-order chi connectivity index (χ0) is 15.5. The second-order valence-corrected chi connectivity index (χ2v) is 5.56. The number of hydrogen-bond acceptors (Lipinski definition) is 1. The first-order valence-electron chi connectivity index (χ1n) is 6.99. The fourth-order valence-corrected chi connectivity index (χ4v) is 2.57. The Hall–Kier alpha value is -1.23. The number of aryl methyl sites for hydroxylation is 3. The van der Waals surface area contributed by atoms with E-state index in [-0.39, 0.29) is 6.42 Å². The van der Waals surface area contributed by atoms with Crippen molar-refractivity contribution in [3.8, 4) is 0 Å². The standard InChI is InChI=1S/C15H18ClF3N2/c1-11-4-5-12-13(10-11)21(14(20-12)6-8-16)9-3-2-7-15(17,18)19/h4-5,10H,2-3,6-9H2,1H3. The Morgan fingerprint density at radius 3 is 2.67 bits per heavy atom. The number of nitrogens with zero attached hydrogens (tertiary/aromatic N) is 2. The van der Waals surface area contributed by atoms with Crippen LogP contribution < -0.4 is 0 Å². The minimum atomic E-state index is -4.08. The van der Waals surface area contributed by atoms with Gasteiger partial charge in [-0.25, -0.2) is 4.98 Å². The number of fused-ring (bicyclic) bond motifs is 1. The zero-order valence-electron chi connectivity index (χ0n) is 11.9. The summed E-state index contributed by atoms with van der Waals surface area (Å²) in [5.74, 6) is 1.29. The van der Waals surface area contributed by atoms with E-state index in [2.05, 4.69) is 4.98 Å². The van der Waals surface area contributed by atoms with Gasteiger partial charge in [-0.05, 0) is 37.5 Å². The van der Waals surface area contributed by atoms with Crippen LogP contribution in [0.3, 0.4) is 0 Å². The average Bonchev–Trinajstić information content (AvgIpc) is 2.71. The van der Waals surface area contributed by atoms with Crippen molar-refractivity contribution in [2.24, 2.45) is 0 Å². The molecule has 21 heavy (non-hydrogen) atoms. The number of unbranched alkanes of at least 4 members (excludes halogenated alkanes) is 1. The van der Waals surface area contributed by atoms with E-state index in [9.17, 15) is 13.2 Å². The molecule has 0 atom stereocenters. The van der Waals surface area contributed by atoms with Crippen molar-refractivity contribution in [2.75, 3.05) is 5.88 Å². The summed E-state index contributed by atoms with van der Waals surface area (Å²) in [6.07, 6.45) is -3.58. The summed E-state index contributed by atoms with van der Waals surface area (Å²) in [5, 5.41) is 0. The summed E-state index contributed by atoms with van der Waals surface area (Å²) in [4.78, 5) is 4.53. The molecule has 0 saturated heterocycles. The molecule has 0 fully saturated rings. The predicted molar refractivity (Wildman–Crippen MR) is 78.8 cm³/mol. The van der Waals surface area contributed by atoms with Gasteiger partial charge >= 0.3 is 6.18 Å². The van der Waals surface area contributed by atoms with Crippen LogP contribution in [0.2, 0.25) is 0 Å². The molecule has 0 bridgehead atoms. The second kappa shape index (κ2) is 6.69. The summed E-state index contributed by atoms with van der Waals surface area (Å²) in [5.41, 5.74) is 2.95. The topological polar surface area (TPSA) is 17.8 Å². The number of rotatable bonds is 6. The van der Waals surface area contributed by atoms with Gasteiger partial charge in [-0.1, -0.05) is 6.07 Å². The van der Waals surface area contributed by atoms with Gasteiger partial charge in [0.1, 0.15) is 5.82 Å².